The Labute approximate surface area is 137 Å². The number of pyridine rings is 1. The van der Waals surface area contributed by atoms with Crippen LogP contribution in [0.1, 0.15) is 36.1 Å². The van der Waals surface area contributed by atoms with E-state index in [-0.39, 0.29) is 6.09 Å². The molecule has 1 saturated heterocycles. The van der Waals surface area contributed by atoms with E-state index in [9.17, 15) is 4.79 Å². The van der Waals surface area contributed by atoms with E-state index in [4.69, 9.17) is 4.74 Å². The highest BCUT2D eigenvalue weighted by Gasteiger charge is 2.18. The number of hydrogen-bond acceptors (Lipinski definition) is 3. The second-order valence-corrected chi connectivity index (χ2v) is 6.06. The van der Waals surface area contributed by atoms with Gasteiger partial charge in [-0.3, -0.25) is 4.98 Å². The van der Waals surface area contributed by atoms with Gasteiger partial charge in [-0.2, -0.15) is 0 Å². The van der Waals surface area contributed by atoms with Gasteiger partial charge in [-0.15, -0.1) is 0 Å². The Bertz CT molecular complexity index is 644. The van der Waals surface area contributed by atoms with Gasteiger partial charge in [0.05, 0.1) is 0 Å². The Kier molecular flexibility index (Phi) is 4.91. The standard InChI is InChI=1S/C19H22N2O2/c1-15-5-8-17(20-14-15)13-16-6-9-18(10-7-16)23-19(22)21-11-3-2-4-12-21/h5-10,14H,2-4,11-13H2,1H3. The number of piperidine rings is 1. The van der Waals surface area contributed by atoms with Crippen molar-refractivity contribution in [2.75, 3.05) is 13.1 Å². The maximum Gasteiger partial charge on any atom is 0.415 e. The Morgan fingerprint density at radius 1 is 1.09 bits per heavy atom. The van der Waals surface area contributed by atoms with Crippen LogP contribution < -0.4 is 4.74 Å². The zero-order valence-corrected chi connectivity index (χ0v) is 13.5. The van der Waals surface area contributed by atoms with E-state index in [1.54, 1.807) is 4.90 Å². The van der Waals surface area contributed by atoms with Crippen LogP contribution in [0, 0.1) is 6.92 Å². The molecular weight excluding hydrogens is 288 g/mol. The van der Waals surface area contributed by atoms with Gasteiger partial charge in [0.1, 0.15) is 5.75 Å². The molecule has 1 aromatic carbocycles. The zero-order chi connectivity index (χ0) is 16.1. The Morgan fingerprint density at radius 3 is 2.48 bits per heavy atom. The van der Waals surface area contributed by atoms with E-state index in [0.717, 1.165) is 49.2 Å². The smallest absolute Gasteiger partial charge is 0.410 e. The first-order valence-electron chi connectivity index (χ1n) is 8.18. The summed E-state index contributed by atoms with van der Waals surface area (Å²) in [5.74, 6) is 0.598. The van der Waals surface area contributed by atoms with Crippen molar-refractivity contribution in [3.8, 4) is 5.75 Å². The minimum absolute atomic E-state index is 0.238. The fourth-order valence-corrected chi connectivity index (χ4v) is 2.73. The van der Waals surface area contributed by atoms with Crippen LogP contribution in [0.15, 0.2) is 42.6 Å². The van der Waals surface area contributed by atoms with E-state index in [2.05, 4.69) is 11.1 Å². The van der Waals surface area contributed by atoms with Crippen molar-refractivity contribution >= 4 is 6.09 Å². The van der Waals surface area contributed by atoms with Crippen LogP contribution in [0.2, 0.25) is 0 Å². The molecule has 0 radical (unpaired) electrons. The molecule has 0 saturated carbocycles. The predicted molar refractivity (Wildman–Crippen MR) is 89.7 cm³/mol. The first kappa shape index (κ1) is 15.5. The molecule has 4 heteroatoms. The number of carbonyl (C=O) groups is 1. The van der Waals surface area contributed by atoms with Gasteiger partial charge < -0.3 is 9.64 Å². The van der Waals surface area contributed by atoms with Gasteiger partial charge in [-0.25, -0.2) is 4.79 Å². The van der Waals surface area contributed by atoms with Crippen LogP contribution in [0.4, 0.5) is 4.79 Å². The Morgan fingerprint density at radius 2 is 1.83 bits per heavy atom. The number of nitrogens with zero attached hydrogens (tertiary/aromatic N) is 2. The van der Waals surface area contributed by atoms with Crippen molar-refractivity contribution in [3.63, 3.8) is 0 Å². The lowest BCUT2D eigenvalue weighted by Crippen LogP contribution is -2.37. The Hall–Kier alpha value is -2.36. The molecule has 1 aliphatic heterocycles. The largest absolute Gasteiger partial charge is 0.415 e. The number of hydrogen-bond donors (Lipinski definition) is 0. The van der Waals surface area contributed by atoms with Crippen LogP contribution in [0.25, 0.3) is 0 Å². The molecule has 0 atom stereocenters. The molecule has 0 aliphatic carbocycles. The zero-order valence-electron chi connectivity index (χ0n) is 13.5. The molecule has 1 amide bonds. The third-order valence-corrected chi connectivity index (χ3v) is 4.10. The van der Waals surface area contributed by atoms with Gasteiger partial charge in [-0.05, 0) is 55.5 Å². The summed E-state index contributed by atoms with van der Waals surface area (Å²) in [6, 6.07) is 11.8. The van der Waals surface area contributed by atoms with Crippen LogP contribution in [-0.4, -0.2) is 29.1 Å². The lowest BCUT2D eigenvalue weighted by Gasteiger charge is -2.25. The molecule has 3 rings (SSSR count). The minimum atomic E-state index is -0.238. The molecule has 2 aromatic rings. The molecule has 1 aromatic heterocycles. The molecule has 0 spiro atoms. The van der Waals surface area contributed by atoms with Gasteiger partial charge in [0.2, 0.25) is 0 Å². The molecule has 2 heterocycles. The van der Waals surface area contributed by atoms with Crippen LogP contribution in [0.5, 0.6) is 5.75 Å². The Balaban J connectivity index is 1.58. The number of amides is 1. The van der Waals surface area contributed by atoms with Crippen molar-refractivity contribution in [3.05, 3.63) is 59.4 Å². The average molecular weight is 310 g/mol. The van der Waals surface area contributed by atoms with Crippen molar-refractivity contribution < 1.29 is 9.53 Å². The highest BCUT2D eigenvalue weighted by molar-refractivity contribution is 5.70. The average Bonchev–Trinajstić information content (AvgIpc) is 2.59. The number of benzene rings is 1. The molecule has 4 nitrogen and oxygen atoms in total. The summed E-state index contributed by atoms with van der Waals surface area (Å²) in [6.07, 6.45) is 5.75. The predicted octanol–water partition coefficient (Wildman–Crippen LogP) is 3.97. The maximum atomic E-state index is 12.1. The first-order valence-corrected chi connectivity index (χ1v) is 8.18. The van der Waals surface area contributed by atoms with Gasteiger partial charge >= 0.3 is 6.09 Å². The maximum absolute atomic E-state index is 12.1. The van der Waals surface area contributed by atoms with E-state index in [1.165, 1.54) is 6.42 Å². The molecule has 120 valence electrons. The summed E-state index contributed by atoms with van der Waals surface area (Å²) in [5, 5.41) is 0. The van der Waals surface area contributed by atoms with Crippen molar-refractivity contribution in [2.24, 2.45) is 0 Å². The second-order valence-electron chi connectivity index (χ2n) is 6.06. The van der Waals surface area contributed by atoms with Crippen LogP contribution >= 0.6 is 0 Å². The van der Waals surface area contributed by atoms with Crippen molar-refractivity contribution in [1.29, 1.82) is 0 Å². The van der Waals surface area contributed by atoms with E-state index in [0.29, 0.717) is 5.75 Å². The summed E-state index contributed by atoms with van der Waals surface area (Å²) >= 11 is 0. The third kappa shape index (κ3) is 4.31. The molecule has 1 aliphatic rings. The summed E-state index contributed by atoms with van der Waals surface area (Å²) < 4.78 is 5.45. The molecule has 0 unspecified atom stereocenters. The fraction of sp³-hybridized carbons (Fsp3) is 0.368. The number of rotatable bonds is 3. The summed E-state index contributed by atoms with van der Waals surface area (Å²) in [7, 11) is 0. The second kappa shape index (κ2) is 7.27. The highest BCUT2D eigenvalue weighted by atomic mass is 16.6. The van der Waals surface area contributed by atoms with Gasteiger partial charge in [0, 0.05) is 31.4 Å². The third-order valence-electron chi connectivity index (χ3n) is 4.10. The monoisotopic (exact) mass is 310 g/mol. The topological polar surface area (TPSA) is 42.4 Å². The molecule has 23 heavy (non-hydrogen) atoms. The van der Waals surface area contributed by atoms with Crippen molar-refractivity contribution in [1.82, 2.24) is 9.88 Å². The molecule has 0 N–H and O–H groups in total. The highest BCUT2D eigenvalue weighted by Crippen LogP contribution is 2.17. The van der Waals surface area contributed by atoms with E-state index >= 15 is 0 Å². The number of aryl methyl sites for hydroxylation is 1. The molecular formula is C19H22N2O2. The van der Waals surface area contributed by atoms with Crippen LogP contribution in [-0.2, 0) is 6.42 Å². The quantitative estimate of drug-likeness (QED) is 0.861. The fourth-order valence-electron chi connectivity index (χ4n) is 2.73. The van der Waals surface area contributed by atoms with Gasteiger partial charge in [0.15, 0.2) is 0 Å². The summed E-state index contributed by atoms with van der Waals surface area (Å²) in [4.78, 5) is 18.3. The molecule has 1 fully saturated rings. The number of aromatic nitrogens is 1. The lowest BCUT2D eigenvalue weighted by atomic mass is 10.1. The summed E-state index contributed by atoms with van der Waals surface area (Å²) in [6.45, 7) is 3.63. The van der Waals surface area contributed by atoms with Gasteiger partial charge in [-0.1, -0.05) is 18.2 Å². The van der Waals surface area contributed by atoms with Gasteiger partial charge in [0.25, 0.3) is 0 Å². The SMILES string of the molecule is Cc1ccc(Cc2ccc(OC(=O)N3CCCCC3)cc2)nc1. The van der Waals surface area contributed by atoms with E-state index in [1.807, 2.05) is 43.5 Å². The van der Waals surface area contributed by atoms with Crippen LogP contribution in [0.3, 0.4) is 0 Å². The minimum Gasteiger partial charge on any atom is -0.410 e. The normalized spacial score (nSPS) is 14.6. The lowest BCUT2D eigenvalue weighted by molar-refractivity contribution is 0.142. The van der Waals surface area contributed by atoms with Crippen molar-refractivity contribution in [2.45, 2.75) is 32.6 Å². The number of carbonyl (C=O) groups excluding carboxylic acids is 1. The number of likely N-dealkylation sites (tertiary alicyclic amines) is 1. The van der Waals surface area contributed by atoms with E-state index < -0.39 is 0 Å². The number of ether oxygens (including phenoxy) is 1. The molecule has 0 bridgehead atoms. The first-order chi connectivity index (χ1) is 11.2. The summed E-state index contributed by atoms with van der Waals surface area (Å²) in [5.41, 5.74) is 3.35.